The monoisotopic (exact) mass is 1540 g/mol. The van der Waals surface area contributed by atoms with Gasteiger partial charge in [0.25, 0.3) is 15.6 Å². The van der Waals surface area contributed by atoms with Gasteiger partial charge in [0.2, 0.25) is 11.8 Å². The van der Waals surface area contributed by atoms with Crippen LogP contribution in [0.3, 0.4) is 0 Å². The largest absolute Gasteiger partial charge is 1.00 e. The molecule has 19 nitrogen and oxygen atoms in total. The summed E-state index contributed by atoms with van der Waals surface area (Å²) in [7, 11) is -9.83. The average molecular weight is 1540 g/mol. The molecule has 104 heavy (non-hydrogen) atoms. The van der Waals surface area contributed by atoms with Gasteiger partial charge in [0, 0.05) is 38.8 Å². The first-order chi connectivity index (χ1) is 49.6. The number of ether oxygens (including phenoxy) is 2. The molecule has 0 aromatic rings. The Labute approximate surface area is 681 Å². The molecular weight excluding hydrogens is 1380 g/mol. The number of hydrogen-bond acceptors (Lipinski definition) is 15. The van der Waals surface area contributed by atoms with E-state index in [1.807, 2.05) is 0 Å². The average Bonchev–Trinajstić information content (AvgIpc) is 0.891. The van der Waals surface area contributed by atoms with Crippen LogP contribution in [0.25, 0.3) is 0 Å². The number of phosphoric acid groups is 2. The van der Waals surface area contributed by atoms with Crippen molar-refractivity contribution in [1.82, 2.24) is 21.3 Å². The zero-order chi connectivity index (χ0) is 74.9. The van der Waals surface area contributed by atoms with Crippen molar-refractivity contribution in [3.05, 3.63) is 0 Å². The first-order valence-electron chi connectivity index (χ1n) is 42.8. The van der Waals surface area contributed by atoms with Crippen LogP contribution in [0.1, 0.15) is 427 Å². The third kappa shape index (κ3) is 74.1. The van der Waals surface area contributed by atoms with Crippen LogP contribution in [0.5, 0.6) is 0 Å². The standard InChI is InChI=1S/C81H160N4O15P2.2Na/c1-7-13-19-25-31-37-39-43-49-55-61-77(86)84-73(75(59-53-47-41-33-27-21-15-9-3)99-79(88)63-57-51-45-35-29-23-17-11-5)65-69-95-101(91,92)97-71-67-82-81(90)83-68-72-98-102(93,94)96-70-66-74(85-78(87)62-56-50-44-40-38-32-26-20-14-8-2)76(60-54-48-42-34-28-22-16-10-4)100-80(89)64-58-52-46-36-30-24-18-12-6;;/h73-76H,7-72H2,1-6H3,(H,84,86)(H,85,87)(H,91,92)(H,93,94)(H2,82,83,90);;/q;2*+1/p-2/t73-,74-,75?,76?;;/m0../s1. The number of hydrogen-bond donors (Lipinski definition) is 4. The van der Waals surface area contributed by atoms with E-state index < -0.39 is 59.2 Å². The van der Waals surface area contributed by atoms with Crippen molar-refractivity contribution in [3.63, 3.8) is 0 Å². The quantitative estimate of drug-likeness (QED) is 0.0191. The molecule has 6 atom stereocenters. The van der Waals surface area contributed by atoms with Gasteiger partial charge < -0.3 is 58.6 Å². The van der Waals surface area contributed by atoms with E-state index in [2.05, 4.69) is 62.8 Å². The topological polar surface area (TPSA) is 269 Å². The molecule has 0 saturated heterocycles. The first-order valence-corrected chi connectivity index (χ1v) is 45.7. The van der Waals surface area contributed by atoms with Gasteiger partial charge in [0.1, 0.15) is 12.2 Å². The minimum atomic E-state index is -4.91. The summed E-state index contributed by atoms with van der Waals surface area (Å²) in [6, 6.07) is -2.13. The number of amides is 4. The van der Waals surface area contributed by atoms with E-state index in [9.17, 15) is 42.9 Å². The fraction of sp³-hybridized carbons (Fsp3) is 0.938. The Morgan fingerprint density at radius 1 is 0.288 bits per heavy atom. The Kier molecular flexibility index (Phi) is 83.2. The molecule has 4 N–H and O–H groups in total. The van der Waals surface area contributed by atoms with Crippen molar-refractivity contribution in [2.45, 2.75) is 451 Å². The Morgan fingerprint density at radius 3 is 0.750 bits per heavy atom. The van der Waals surface area contributed by atoms with Crippen LogP contribution in [0, 0.1) is 0 Å². The van der Waals surface area contributed by atoms with Crippen molar-refractivity contribution < 1.29 is 130 Å². The fourth-order valence-electron chi connectivity index (χ4n) is 13.1. The minimum absolute atomic E-state index is 0. The zero-order valence-electron chi connectivity index (χ0n) is 68.5. The van der Waals surface area contributed by atoms with Gasteiger partial charge >= 0.3 is 77.1 Å². The third-order valence-electron chi connectivity index (χ3n) is 19.5. The smallest absolute Gasteiger partial charge is 0.756 e. The Hall–Kier alpha value is -0.630. The summed E-state index contributed by atoms with van der Waals surface area (Å²) in [6.45, 7) is 11.1. The molecule has 0 bridgehead atoms. The van der Waals surface area contributed by atoms with Crippen LogP contribution in [-0.4, -0.2) is 93.6 Å². The van der Waals surface area contributed by atoms with Gasteiger partial charge in [0.15, 0.2) is 0 Å². The molecular formula is C81H158N4Na2O15P2. The van der Waals surface area contributed by atoms with Crippen LogP contribution in [0.2, 0.25) is 0 Å². The second kappa shape index (κ2) is 80.4. The molecule has 0 radical (unpaired) electrons. The van der Waals surface area contributed by atoms with Crippen molar-refractivity contribution >= 4 is 45.4 Å². The van der Waals surface area contributed by atoms with Gasteiger partial charge in [-0.25, -0.2) is 4.79 Å². The SMILES string of the molecule is CCCCCCCCCCCCC(=O)N[C@@H](CCOP(=O)([O-])OCCNC(=O)NCCOP(=O)([O-])OCC[C@H](NC(=O)CCCCCCCCCCCC)C(CCCCCCCCCC)OC(=O)CCCCCCCCCC)C(CCCCCCCCCC)OC(=O)CCCCCCCCCC.[Na+].[Na+]. The van der Waals surface area contributed by atoms with E-state index in [0.717, 1.165) is 141 Å². The van der Waals surface area contributed by atoms with Gasteiger partial charge in [0.05, 0.1) is 38.5 Å². The molecule has 0 fully saturated rings. The van der Waals surface area contributed by atoms with E-state index in [1.54, 1.807) is 0 Å². The van der Waals surface area contributed by atoms with E-state index in [4.69, 9.17) is 27.6 Å². The maximum atomic E-state index is 13.6. The van der Waals surface area contributed by atoms with E-state index in [-0.39, 0.29) is 135 Å². The number of esters is 2. The van der Waals surface area contributed by atoms with E-state index in [0.29, 0.717) is 38.5 Å². The second-order valence-electron chi connectivity index (χ2n) is 29.2. The Morgan fingerprint density at radius 2 is 0.500 bits per heavy atom. The van der Waals surface area contributed by atoms with Gasteiger partial charge in [-0.15, -0.1) is 0 Å². The van der Waals surface area contributed by atoms with E-state index in [1.165, 1.54) is 180 Å². The van der Waals surface area contributed by atoms with Gasteiger partial charge in [-0.1, -0.05) is 337 Å². The second-order valence-corrected chi connectivity index (χ2v) is 32.1. The van der Waals surface area contributed by atoms with Crippen molar-refractivity contribution in [2.75, 3.05) is 39.5 Å². The number of carbonyl (C=O) groups excluding carboxylic acids is 5. The molecule has 604 valence electrons. The summed E-state index contributed by atoms with van der Waals surface area (Å²) in [5, 5.41) is 11.2. The summed E-state index contributed by atoms with van der Waals surface area (Å²) < 4.78 is 59.5. The van der Waals surface area contributed by atoms with Crippen LogP contribution in [-0.2, 0) is 55.9 Å². The maximum Gasteiger partial charge on any atom is 1.00 e. The number of unbranched alkanes of at least 4 members (excludes halogenated alkanes) is 46. The molecule has 0 aliphatic rings. The number of nitrogens with one attached hydrogen (secondary N) is 4. The van der Waals surface area contributed by atoms with E-state index >= 15 is 0 Å². The number of carbonyl (C=O) groups is 5. The number of urea groups is 1. The summed E-state index contributed by atoms with van der Waals surface area (Å²) in [5.74, 6) is -1.01. The molecule has 0 aliphatic heterocycles. The summed E-state index contributed by atoms with van der Waals surface area (Å²) >= 11 is 0. The number of phosphoric ester groups is 2. The molecule has 0 saturated carbocycles. The molecule has 0 rings (SSSR count). The normalized spacial score (nSPS) is 13.7. The summed E-state index contributed by atoms with van der Waals surface area (Å²) in [4.78, 5) is 93.1. The molecule has 4 amide bonds. The van der Waals surface area contributed by atoms with Gasteiger partial charge in [-0.05, 0) is 64.2 Å². The summed E-state index contributed by atoms with van der Waals surface area (Å²) in [5.41, 5.74) is 0. The molecule has 0 aromatic heterocycles. The molecule has 0 aromatic carbocycles. The molecule has 23 heteroatoms. The summed E-state index contributed by atoms with van der Waals surface area (Å²) in [6.07, 6.45) is 58.3. The van der Waals surface area contributed by atoms with Gasteiger partial charge in [-0.3, -0.25) is 28.3 Å². The predicted octanol–water partition coefficient (Wildman–Crippen LogP) is 15.6. The molecule has 4 unspecified atom stereocenters. The molecule has 0 spiro atoms. The fourth-order valence-corrected chi connectivity index (χ4v) is 14.5. The van der Waals surface area contributed by atoms with Crippen LogP contribution in [0.4, 0.5) is 4.79 Å². The Balaban J connectivity index is -0.0000510. The molecule has 0 heterocycles. The Bertz CT molecular complexity index is 1910. The zero-order valence-corrected chi connectivity index (χ0v) is 74.3. The first kappa shape index (κ1) is 108. The predicted molar refractivity (Wildman–Crippen MR) is 415 cm³/mol. The minimum Gasteiger partial charge on any atom is -0.756 e. The number of rotatable bonds is 80. The third-order valence-corrected chi connectivity index (χ3v) is 21.4. The van der Waals surface area contributed by atoms with Crippen LogP contribution in [0.15, 0.2) is 0 Å². The van der Waals surface area contributed by atoms with Gasteiger partial charge in [-0.2, -0.15) is 0 Å². The van der Waals surface area contributed by atoms with Crippen molar-refractivity contribution in [2.24, 2.45) is 0 Å². The molecule has 0 aliphatic carbocycles. The van der Waals surface area contributed by atoms with Crippen LogP contribution < -0.4 is 90.2 Å². The van der Waals surface area contributed by atoms with Crippen LogP contribution >= 0.6 is 15.6 Å². The van der Waals surface area contributed by atoms with Crippen molar-refractivity contribution in [3.8, 4) is 0 Å². The van der Waals surface area contributed by atoms with Crippen molar-refractivity contribution in [1.29, 1.82) is 0 Å². The maximum absolute atomic E-state index is 13.6.